The van der Waals surface area contributed by atoms with Gasteiger partial charge in [0.05, 0.1) is 17.6 Å². The fourth-order valence-electron chi connectivity index (χ4n) is 1.55. The van der Waals surface area contributed by atoms with Gasteiger partial charge in [-0.2, -0.15) is 5.10 Å². The molecule has 94 valence electrons. The lowest BCUT2D eigenvalue weighted by atomic mass is 10.3. The second-order valence-corrected chi connectivity index (χ2v) is 4.29. The van der Waals surface area contributed by atoms with E-state index in [-0.39, 0.29) is 0 Å². The molecule has 0 radical (unpaired) electrons. The quantitative estimate of drug-likeness (QED) is 0.608. The molecule has 0 unspecified atom stereocenters. The third-order valence-electron chi connectivity index (χ3n) is 2.47. The summed E-state index contributed by atoms with van der Waals surface area (Å²) in [7, 11) is 0. The summed E-state index contributed by atoms with van der Waals surface area (Å²) < 4.78 is 1.91. The van der Waals surface area contributed by atoms with Crippen molar-refractivity contribution in [1.29, 1.82) is 0 Å². The number of nitrogens with one attached hydrogen (secondary N) is 1. The molecular formula is C12H15N5S. The van der Waals surface area contributed by atoms with Crippen LogP contribution in [0, 0.1) is 0 Å². The maximum atomic E-state index is 5.48. The van der Waals surface area contributed by atoms with Crippen molar-refractivity contribution in [1.82, 2.24) is 14.8 Å². The summed E-state index contributed by atoms with van der Waals surface area (Å²) in [5.74, 6) is 0. The lowest BCUT2D eigenvalue weighted by molar-refractivity contribution is 0.592. The predicted molar refractivity (Wildman–Crippen MR) is 75.5 cm³/mol. The smallest absolute Gasteiger partial charge is 0.122 e. The van der Waals surface area contributed by atoms with Crippen LogP contribution in [0.15, 0.2) is 36.8 Å². The Kier molecular flexibility index (Phi) is 4.25. The third-order valence-corrected chi connectivity index (χ3v) is 2.68. The number of nitrogens with two attached hydrogens (primary N) is 1. The zero-order chi connectivity index (χ0) is 12.8. The van der Waals surface area contributed by atoms with Gasteiger partial charge in [0.15, 0.2) is 0 Å². The van der Waals surface area contributed by atoms with Crippen LogP contribution in [0.25, 0.3) is 0 Å². The van der Waals surface area contributed by atoms with Gasteiger partial charge in [-0.25, -0.2) is 0 Å². The first-order valence-electron chi connectivity index (χ1n) is 5.73. The first-order chi connectivity index (χ1) is 8.75. The minimum atomic E-state index is 0.320. The number of rotatable bonds is 6. The molecule has 0 aliphatic carbocycles. The van der Waals surface area contributed by atoms with Crippen molar-refractivity contribution in [3.05, 3.63) is 42.5 Å². The van der Waals surface area contributed by atoms with Crippen molar-refractivity contribution in [2.45, 2.75) is 13.0 Å². The Morgan fingerprint density at radius 2 is 2.33 bits per heavy atom. The van der Waals surface area contributed by atoms with Crippen molar-refractivity contribution < 1.29 is 0 Å². The van der Waals surface area contributed by atoms with Gasteiger partial charge in [-0.3, -0.25) is 9.67 Å². The zero-order valence-electron chi connectivity index (χ0n) is 9.91. The van der Waals surface area contributed by atoms with E-state index in [9.17, 15) is 0 Å². The number of pyridine rings is 1. The Morgan fingerprint density at radius 1 is 1.44 bits per heavy atom. The van der Waals surface area contributed by atoms with Gasteiger partial charge in [-0.15, -0.1) is 0 Å². The molecular weight excluding hydrogens is 246 g/mol. The van der Waals surface area contributed by atoms with Crippen molar-refractivity contribution in [2.24, 2.45) is 5.73 Å². The molecule has 0 amide bonds. The van der Waals surface area contributed by atoms with Crippen LogP contribution in [0.5, 0.6) is 0 Å². The number of thiocarbonyl (C=S) groups is 1. The maximum absolute atomic E-state index is 5.48. The van der Waals surface area contributed by atoms with Gasteiger partial charge < -0.3 is 11.1 Å². The Hall–Kier alpha value is -1.95. The van der Waals surface area contributed by atoms with E-state index >= 15 is 0 Å². The normalized spacial score (nSPS) is 10.2. The minimum absolute atomic E-state index is 0.320. The fraction of sp³-hybridized carbons (Fsp3) is 0.250. The van der Waals surface area contributed by atoms with Crippen LogP contribution in [0.1, 0.15) is 12.1 Å². The second-order valence-electron chi connectivity index (χ2n) is 3.85. The van der Waals surface area contributed by atoms with Crippen molar-refractivity contribution in [3.8, 4) is 0 Å². The first kappa shape index (κ1) is 12.5. The van der Waals surface area contributed by atoms with Gasteiger partial charge in [0, 0.05) is 25.5 Å². The second kappa shape index (κ2) is 6.11. The lowest BCUT2D eigenvalue weighted by Crippen LogP contribution is -2.12. The van der Waals surface area contributed by atoms with Crippen molar-refractivity contribution in [2.75, 3.05) is 11.9 Å². The van der Waals surface area contributed by atoms with Gasteiger partial charge in [0.25, 0.3) is 0 Å². The topological polar surface area (TPSA) is 68.8 Å². The van der Waals surface area contributed by atoms with Crippen LogP contribution in [-0.2, 0) is 6.54 Å². The van der Waals surface area contributed by atoms with E-state index < -0.39 is 0 Å². The molecule has 2 aromatic rings. The summed E-state index contributed by atoms with van der Waals surface area (Å²) in [4.78, 5) is 4.48. The summed E-state index contributed by atoms with van der Waals surface area (Å²) in [5, 5.41) is 7.43. The van der Waals surface area contributed by atoms with E-state index in [4.69, 9.17) is 18.0 Å². The molecule has 0 aromatic carbocycles. The summed E-state index contributed by atoms with van der Waals surface area (Å²) >= 11 is 4.84. The van der Waals surface area contributed by atoms with Gasteiger partial charge in [0.2, 0.25) is 0 Å². The van der Waals surface area contributed by atoms with Gasteiger partial charge in [0.1, 0.15) is 4.99 Å². The Labute approximate surface area is 111 Å². The molecule has 18 heavy (non-hydrogen) atoms. The third kappa shape index (κ3) is 3.53. The van der Waals surface area contributed by atoms with Crippen LogP contribution >= 0.6 is 12.2 Å². The van der Waals surface area contributed by atoms with E-state index in [1.165, 1.54) is 0 Å². The highest BCUT2D eigenvalue weighted by Crippen LogP contribution is 2.06. The molecule has 0 spiro atoms. The summed E-state index contributed by atoms with van der Waals surface area (Å²) in [6.45, 7) is 1.77. The molecule has 3 N–H and O–H groups in total. The fourth-order valence-corrected chi connectivity index (χ4v) is 1.67. The largest absolute Gasteiger partial charge is 0.388 e. The van der Waals surface area contributed by atoms with Crippen LogP contribution in [0.2, 0.25) is 0 Å². The average molecular weight is 261 g/mol. The van der Waals surface area contributed by atoms with Gasteiger partial charge in [-0.1, -0.05) is 12.2 Å². The minimum Gasteiger partial charge on any atom is -0.388 e. The Balaban J connectivity index is 1.75. The van der Waals surface area contributed by atoms with E-state index in [1.807, 2.05) is 29.1 Å². The molecule has 2 rings (SSSR count). The standard InChI is InChI=1S/C12H15N5S/c13-12(18)11-4-3-10(9-15-11)14-5-1-7-17-8-2-6-16-17/h2-4,6,8-9,14H,1,5,7H2,(H2,13,18). The number of hydrogen-bond acceptors (Lipinski definition) is 4. The zero-order valence-corrected chi connectivity index (χ0v) is 10.7. The highest BCUT2D eigenvalue weighted by molar-refractivity contribution is 7.80. The molecule has 2 aromatic heterocycles. The molecule has 2 heterocycles. The number of hydrogen-bond donors (Lipinski definition) is 2. The molecule has 0 atom stereocenters. The van der Waals surface area contributed by atoms with E-state index in [1.54, 1.807) is 12.4 Å². The van der Waals surface area contributed by atoms with Crippen LogP contribution < -0.4 is 11.1 Å². The molecule has 5 nitrogen and oxygen atoms in total. The number of nitrogens with zero attached hydrogens (tertiary/aromatic N) is 3. The van der Waals surface area contributed by atoms with Crippen molar-refractivity contribution >= 4 is 22.9 Å². The van der Waals surface area contributed by atoms with Gasteiger partial charge in [-0.05, 0) is 24.6 Å². The number of aromatic nitrogens is 3. The van der Waals surface area contributed by atoms with Crippen LogP contribution in [-0.4, -0.2) is 26.3 Å². The molecule has 6 heteroatoms. The molecule has 0 aliphatic rings. The molecule has 0 fully saturated rings. The van der Waals surface area contributed by atoms with Crippen LogP contribution in [0.3, 0.4) is 0 Å². The van der Waals surface area contributed by atoms with E-state index in [0.717, 1.165) is 25.2 Å². The first-order valence-corrected chi connectivity index (χ1v) is 6.14. The Morgan fingerprint density at radius 3 is 2.94 bits per heavy atom. The summed E-state index contributed by atoms with van der Waals surface area (Å²) in [6.07, 6.45) is 6.48. The predicted octanol–water partition coefficient (Wildman–Crippen LogP) is 1.41. The van der Waals surface area contributed by atoms with Gasteiger partial charge >= 0.3 is 0 Å². The monoisotopic (exact) mass is 261 g/mol. The highest BCUT2D eigenvalue weighted by atomic mass is 32.1. The summed E-state index contributed by atoms with van der Waals surface area (Å²) in [6, 6.07) is 5.67. The van der Waals surface area contributed by atoms with Crippen LogP contribution in [0.4, 0.5) is 5.69 Å². The maximum Gasteiger partial charge on any atom is 0.122 e. The van der Waals surface area contributed by atoms with E-state index in [0.29, 0.717) is 10.7 Å². The number of aryl methyl sites for hydroxylation is 1. The molecule has 0 saturated carbocycles. The summed E-state index contributed by atoms with van der Waals surface area (Å²) in [5.41, 5.74) is 7.09. The lowest BCUT2D eigenvalue weighted by Gasteiger charge is -2.06. The number of anilines is 1. The average Bonchev–Trinajstić information content (AvgIpc) is 2.88. The Bertz CT molecular complexity index is 492. The molecule has 0 saturated heterocycles. The highest BCUT2D eigenvalue weighted by Gasteiger charge is 1.98. The molecule has 0 aliphatic heterocycles. The SMILES string of the molecule is NC(=S)c1ccc(NCCCn2cccn2)cn1. The van der Waals surface area contributed by atoms with Crippen molar-refractivity contribution in [3.63, 3.8) is 0 Å². The molecule has 0 bridgehead atoms. The van der Waals surface area contributed by atoms with E-state index in [2.05, 4.69) is 15.4 Å².